The van der Waals surface area contributed by atoms with E-state index in [1.165, 1.54) is 18.4 Å². The molecule has 162 valence electrons. The van der Waals surface area contributed by atoms with Crippen molar-refractivity contribution in [3.05, 3.63) is 77.3 Å². The average molecular weight is 447 g/mol. The highest BCUT2D eigenvalue weighted by Crippen LogP contribution is 2.29. The number of carboxylic acid groups (broad SMARTS) is 1. The van der Waals surface area contributed by atoms with Crippen LogP contribution in [0.3, 0.4) is 0 Å². The van der Waals surface area contributed by atoms with E-state index in [0.29, 0.717) is 17.9 Å². The van der Waals surface area contributed by atoms with Crippen molar-refractivity contribution in [3.63, 3.8) is 0 Å². The predicted molar refractivity (Wildman–Crippen MR) is 126 cm³/mol. The number of aliphatic hydroxyl groups excluding tert-OH is 1. The Balaban J connectivity index is 1.79. The maximum atomic E-state index is 10.7. The Bertz CT molecular complexity index is 762. The maximum absolute atomic E-state index is 10.7. The molecule has 2 aromatic carbocycles. The molecule has 2 rings (SSSR count). The highest BCUT2D eigenvalue weighted by molar-refractivity contribution is 8.00. The van der Waals surface area contributed by atoms with E-state index < -0.39 is 12.1 Å². The Kier molecular flexibility index (Phi) is 11.7. The SMILES string of the molecule is O=C(O)CCCC(O)C(/C=C\CCCCCc1ccccc1)Sc1ccc(Cl)cc1. The van der Waals surface area contributed by atoms with Crippen molar-refractivity contribution in [3.8, 4) is 0 Å². The minimum Gasteiger partial charge on any atom is -0.481 e. The zero-order valence-electron chi connectivity index (χ0n) is 17.3. The summed E-state index contributed by atoms with van der Waals surface area (Å²) in [5.41, 5.74) is 1.39. The van der Waals surface area contributed by atoms with Crippen molar-refractivity contribution >= 4 is 29.3 Å². The lowest BCUT2D eigenvalue weighted by Gasteiger charge is -2.19. The summed E-state index contributed by atoms with van der Waals surface area (Å²) in [5, 5.41) is 20.0. The van der Waals surface area contributed by atoms with Gasteiger partial charge in [-0.2, -0.15) is 0 Å². The van der Waals surface area contributed by atoms with Crippen LogP contribution in [0.25, 0.3) is 0 Å². The molecule has 0 aliphatic rings. The molecule has 0 amide bonds. The van der Waals surface area contributed by atoms with Crippen LogP contribution in [0.2, 0.25) is 5.02 Å². The largest absolute Gasteiger partial charge is 0.481 e. The number of hydrogen-bond acceptors (Lipinski definition) is 3. The van der Waals surface area contributed by atoms with Crippen LogP contribution in [-0.4, -0.2) is 27.5 Å². The third kappa shape index (κ3) is 10.3. The molecule has 0 aliphatic carbocycles. The molecule has 3 nitrogen and oxygen atoms in total. The molecule has 0 spiro atoms. The van der Waals surface area contributed by atoms with Gasteiger partial charge >= 0.3 is 5.97 Å². The molecule has 0 fully saturated rings. The third-order valence-corrected chi connectivity index (χ3v) is 6.40. The summed E-state index contributed by atoms with van der Waals surface area (Å²) in [4.78, 5) is 11.8. The quantitative estimate of drug-likeness (QED) is 0.191. The molecular weight excluding hydrogens is 416 g/mol. The first kappa shape index (κ1) is 24.5. The zero-order chi connectivity index (χ0) is 21.6. The molecule has 2 N–H and O–H groups in total. The minimum absolute atomic E-state index is 0.0838. The third-order valence-electron chi connectivity index (χ3n) is 4.86. The fraction of sp³-hybridized carbons (Fsp3) is 0.400. The molecule has 0 aliphatic heterocycles. The predicted octanol–water partition coefficient (Wildman–Crippen LogP) is 6.78. The second-order valence-electron chi connectivity index (χ2n) is 7.40. The number of allylic oxidation sites excluding steroid dienone is 1. The normalized spacial score (nSPS) is 13.4. The molecule has 0 heterocycles. The number of benzene rings is 2. The smallest absolute Gasteiger partial charge is 0.303 e. The summed E-state index contributed by atoms with van der Waals surface area (Å²) in [5.74, 6) is -0.824. The molecule has 2 unspecified atom stereocenters. The highest BCUT2D eigenvalue weighted by Gasteiger charge is 2.18. The monoisotopic (exact) mass is 446 g/mol. The van der Waals surface area contributed by atoms with E-state index in [9.17, 15) is 9.90 Å². The lowest BCUT2D eigenvalue weighted by molar-refractivity contribution is -0.137. The van der Waals surface area contributed by atoms with E-state index in [4.69, 9.17) is 16.7 Å². The summed E-state index contributed by atoms with van der Waals surface area (Å²) in [6.07, 6.45) is 10.2. The van der Waals surface area contributed by atoms with Gasteiger partial charge in [-0.3, -0.25) is 4.79 Å². The van der Waals surface area contributed by atoms with Crippen LogP contribution in [0.15, 0.2) is 71.6 Å². The van der Waals surface area contributed by atoms with Crippen LogP contribution in [0.5, 0.6) is 0 Å². The molecule has 0 saturated carbocycles. The van der Waals surface area contributed by atoms with Gasteiger partial charge in [-0.25, -0.2) is 0 Å². The Morgan fingerprint density at radius 3 is 2.43 bits per heavy atom. The summed E-state index contributed by atoms with van der Waals surface area (Å²) in [6.45, 7) is 0. The van der Waals surface area contributed by atoms with E-state index in [-0.39, 0.29) is 11.7 Å². The van der Waals surface area contributed by atoms with Crippen LogP contribution in [0.4, 0.5) is 0 Å². The summed E-state index contributed by atoms with van der Waals surface area (Å²) in [6, 6.07) is 18.1. The molecule has 0 bridgehead atoms. The number of aryl methyl sites for hydroxylation is 1. The molecule has 30 heavy (non-hydrogen) atoms. The van der Waals surface area contributed by atoms with Crippen LogP contribution in [0.1, 0.15) is 50.5 Å². The number of aliphatic hydroxyl groups is 1. The first-order valence-corrected chi connectivity index (χ1v) is 11.8. The first-order chi connectivity index (χ1) is 14.5. The van der Waals surface area contributed by atoms with Crippen LogP contribution >= 0.6 is 23.4 Å². The zero-order valence-corrected chi connectivity index (χ0v) is 18.8. The summed E-state index contributed by atoms with van der Waals surface area (Å²) >= 11 is 7.55. The number of aliphatic carboxylic acids is 1. The van der Waals surface area contributed by atoms with Crippen molar-refractivity contribution in [2.24, 2.45) is 0 Å². The number of hydrogen-bond donors (Lipinski definition) is 2. The van der Waals surface area contributed by atoms with Gasteiger partial charge in [0.25, 0.3) is 0 Å². The van der Waals surface area contributed by atoms with E-state index >= 15 is 0 Å². The van der Waals surface area contributed by atoms with Gasteiger partial charge in [-0.1, -0.05) is 60.5 Å². The first-order valence-electron chi connectivity index (χ1n) is 10.6. The van der Waals surface area contributed by atoms with Crippen LogP contribution in [0, 0.1) is 0 Å². The Morgan fingerprint density at radius 2 is 1.73 bits per heavy atom. The van der Waals surface area contributed by atoms with Crippen LogP contribution in [-0.2, 0) is 11.2 Å². The molecule has 0 saturated heterocycles. The van der Waals surface area contributed by atoms with Gasteiger partial charge in [0.2, 0.25) is 0 Å². The number of unbranched alkanes of at least 4 members (excludes halogenated alkanes) is 3. The molecule has 0 radical (unpaired) electrons. The fourth-order valence-electron chi connectivity index (χ4n) is 3.19. The van der Waals surface area contributed by atoms with E-state index in [1.54, 1.807) is 11.8 Å². The standard InChI is InChI=1S/C25H31ClO3S/c26-21-16-18-22(19-17-21)30-24(23(27)13-9-15-25(28)29)14-8-3-1-2-5-10-20-11-6-4-7-12-20/h4,6-8,11-12,14,16-19,23-24,27H,1-3,5,9-10,13,15H2,(H,28,29)/b14-8-. The minimum atomic E-state index is -0.824. The van der Waals surface area contributed by atoms with Gasteiger partial charge in [-0.15, -0.1) is 11.8 Å². The summed E-state index contributed by atoms with van der Waals surface area (Å²) < 4.78 is 0. The fourth-order valence-corrected chi connectivity index (χ4v) is 4.40. The lowest BCUT2D eigenvalue weighted by atomic mass is 10.1. The Hall–Kier alpha value is -1.75. The number of carboxylic acids is 1. The van der Waals surface area contributed by atoms with E-state index in [0.717, 1.165) is 24.2 Å². The maximum Gasteiger partial charge on any atom is 0.303 e. The Labute approximate surface area is 189 Å². The van der Waals surface area contributed by atoms with Gasteiger partial charge in [0.1, 0.15) is 0 Å². The van der Waals surface area contributed by atoms with E-state index in [2.05, 4.69) is 36.4 Å². The van der Waals surface area contributed by atoms with Gasteiger partial charge in [-0.05, 0) is 68.4 Å². The average Bonchev–Trinajstić information content (AvgIpc) is 2.74. The van der Waals surface area contributed by atoms with E-state index in [1.807, 2.05) is 30.3 Å². The molecule has 5 heteroatoms. The molecule has 2 atom stereocenters. The Morgan fingerprint density at radius 1 is 1.00 bits per heavy atom. The highest BCUT2D eigenvalue weighted by atomic mass is 35.5. The molecular formula is C25H31ClO3S. The van der Waals surface area contributed by atoms with Crippen molar-refractivity contribution in [2.45, 2.75) is 67.6 Å². The second-order valence-corrected chi connectivity index (χ2v) is 9.09. The number of halogens is 1. The number of thioether (sulfide) groups is 1. The van der Waals surface area contributed by atoms with Crippen LogP contribution < -0.4 is 0 Å². The van der Waals surface area contributed by atoms with Gasteiger partial charge < -0.3 is 10.2 Å². The lowest BCUT2D eigenvalue weighted by Crippen LogP contribution is -2.21. The second kappa shape index (κ2) is 14.3. The topological polar surface area (TPSA) is 57.5 Å². The summed E-state index contributed by atoms with van der Waals surface area (Å²) in [7, 11) is 0. The molecule has 0 aromatic heterocycles. The van der Waals surface area contributed by atoms with Crippen molar-refractivity contribution in [1.29, 1.82) is 0 Å². The number of rotatable bonds is 14. The van der Waals surface area contributed by atoms with Gasteiger partial charge in [0, 0.05) is 16.3 Å². The van der Waals surface area contributed by atoms with Crippen molar-refractivity contribution in [2.75, 3.05) is 0 Å². The van der Waals surface area contributed by atoms with Gasteiger partial charge in [0.05, 0.1) is 11.4 Å². The van der Waals surface area contributed by atoms with Gasteiger partial charge in [0.15, 0.2) is 0 Å². The number of carbonyl (C=O) groups is 1. The van der Waals surface area contributed by atoms with Crippen molar-refractivity contribution in [1.82, 2.24) is 0 Å². The molecule has 2 aromatic rings. The van der Waals surface area contributed by atoms with Crippen molar-refractivity contribution < 1.29 is 15.0 Å².